The number of ether oxygens (including phenoxy) is 1. The Morgan fingerprint density at radius 1 is 1.08 bits per heavy atom. The van der Waals surface area contributed by atoms with E-state index in [2.05, 4.69) is 9.88 Å². The smallest absolute Gasteiger partial charge is 0.264 e. The standard InChI is InChI=1S/C16H13FN2O4S/c1-22-13-6-2-11(3-7-13)15-10-18-23-16(15)19-24(20,21)14-8-4-12(17)5-9-14/h2-10,19H,1H3. The lowest BCUT2D eigenvalue weighted by Crippen LogP contribution is -2.13. The normalized spacial score (nSPS) is 11.2. The van der Waals surface area contributed by atoms with Crippen molar-refractivity contribution in [2.75, 3.05) is 11.8 Å². The summed E-state index contributed by atoms with van der Waals surface area (Å²) in [7, 11) is -2.37. The molecule has 3 aromatic rings. The highest BCUT2D eigenvalue weighted by atomic mass is 32.2. The van der Waals surface area contributed by atoms with Crippen molar-refractivity contribution >= 4 is 15.9 Å². The molecule has 6 nitrogen and oxygen atoms in total. The Kier molecular flexibility index (Phi) is 4.22. The molecule has 0 fully saturated rings. The summed E-state index contributed by atoms with van der Waals surface area (Å²) in [5, 5.41) is 3.64. The number of methoxy groups -OCH3 is 1. The second kappa shape index (κ2) is 6.32. The molecule has 1 aromatic heterocycles. The van der Waals surface area contributed by atoms with E-state index in [-0.39, 0.29) is 10.8 Å². The lowest BCUT2D eigenvalue weighted by molar-refractivity contribution is 0.415. The fourth-order valence-electron chi connectivity index (χ4n) is 2.08. The minimum Gasteiger partial charge on any atom is -0.497 e. The van der Waals surface area contributed by atoms with Crippen molar-refractivity contribution in [1.29, 1.82) is 0 Å². The van der Waals surface area contributed by atoms with Crippen LogP contribution >= 0.6 is 0 Å². The number of aromatic nitrogens is 1. The van der Waals surface area contributed by atoms with Crippen LogP contribution in [0.1, 0.15) is 0 Å². The fourth-order valence-corrected chi connectivity index (χ4v) is 3.09. The number of hydrogen-bond donors (Lipinski definition) is 1. The van der Waals surface area contributed by atoms with Crippen molar-refractivity contribution < 1.29 is 22.1 Å². The Morgan fingerprint density at radius 2 is 1.75 bits per heavy atom. The van der Waals surface area contributed by atoms with Crippen molar-refractivity contribution in [1.82, 2.24) is 5.16 Å². The molecular formula is C16H13FN2O4S. The number of anilines is 1. The highest BCUT2D eigenvalue weighted by molar-refractivity contribution is 7.92. The number of hydrogen-bond acceptors (Lipinski definition) is 5. The number of rotatable bonds is 5. The minimum absolute atomic E-state index is 0.0236. The van der Waals surface area contributed by atoms with Crippen LogP contribution in [0.15, 0.2) is 64.1 Å². The van der Waals surface area contributed by atoms with Crippen molar-refractivity contribution in [2.24, 2.45) is 0 Å². The van der Waals surface area contributed by atoms with Gasteiger partial charge in [-0.1, -0.05) is 17.3 Å². The van der Waals surface area contributed by atoms with Gasteiger partial charge in [-0.25, -0.2) is 17.5 Å². The van der Waals surface area contributed by atoms with Crippen LogP contribution in [-0.2, 0) is 10.0 Å². The van der Waals surface area contributed by atoms with Gasteiger partial charge in [-0.3, -0.25) is 0 Å². The van der Waals surface area contributed by atoms with Gasteiger partial charge < -0.3 is 9.26 Å². The van der Waals surface area contributed by atoms with Crippen LogP contribution in [0, 0.1) is 5.82 Å². The highest BCUT2D eigenvalue weighted by Gasteiger charge is 2.20. The maximum Gasteiger partial charge on any atom is 0.264 e. The van der Waals surface area contributed by atoms with Crippen LogP contribution in [0.5, 0.6) is 5.75 Å². The maximum atomic E-state index is 12.9. The fraction of sp³-hybridized carbons (Fsp3) is 0.0625. The van der Waals surface area contributed by atoms with Crippen molar-refractivity contribution in [2.45, 2.75) is 4.90 Å². The largest absolute Gasteiger partial charge is 0.497 e. The SMILES string of the molecule is COc1ccc(-c2cnoc2NS(=O)(=O)c2ccc(F)cc2)cc1. The number of sulfonamides is 1. The monoisotopic (exact) mass is 348 g/mol. The molecule has 0 spiro atoms. The van der Waals surface area contributed by atoms with Gasteiger partial charge in [0.1, 0.15) is 11.6 Å². The Hall–Kier alpha value is -2.87. The van der Waals surface area contributed by atoms with Gasteiger partial charge >= 0.3 is 0 Å². The summed E-state index contributed by atoms with van der Waals surface area (Å²) >= 11 is 0. The third-order valence-electron chi connectivity index (χ3n) is 3.32. The zero-order valence-corrected chi connectivity index (χ0v) is 13.4. The molecule has 1 N–H and O–H groups in total. The third kappa shape index (κ3) is 3.23. The first kappa shape index (κ1) is 16.0. The number of benzene rings is 2. The van der Waals surface area contributed by atoms with Crippen LogP contribution in [0.3, 0.4) is 0 Å². The van der Waals surface area contributed by atoms with Crippen LogP contribution in [0.4, 0.5) is 10.3 Å². The van der Waals surface area contributed by atoms with E-state index in [9.17, 15) is 12.8 Å². The molecule has 3 rings (SSSR count). The predicted octanol–water partition coefficient (Wildman–Crippen LogP) is 3.29. The zero-order valence-electron chi connectivity index (χ0n) is 12.6. The van der Waals surface area contributed by atoms with E-state index in [0.717, 1.165) is 12.1 Å². The summed E-state index contributed by atoms with van der Waals surface area (Å²) in [6.07, 6.45) is 1.41. The predicted molar refractivity (Wildman–Crippen MR) is 85.7 cm³/mol. The average Bonchev–Trinajstić information content (AvgIpc) is 3.02. The first-order valence-corrected chi connectivity index (χ1v) is 8.35. The van der Waals surface area contributed by atoms with Crippen LogP contribution in [0.25, 0.3) is 11.1 Å². The Labute approximate surface area is 137 Å². The molecule has 1 heterocycles. The first-order chi connectivity index (χ1) is 11.5. The molecule has 0 aliphatic carbocycles. The van der Waals surface area contributed by atoms with Gasteiger partial charge in [0.05, 0.1) is 23.8 Å². The van der Waals surface area contributed by atoms with Crippen molar-refractivity contribution in [3.05, 3.63) is 60.5 Å². The second-order valence-corrected chi connectivity index (χ2v) is 6.54. The van der Waals surface area contributed by atoms with E-state index in [4.69, 9.17) is 9.26 Å². The van der Waals surface area contributed by atoms with Crippen LogP contribution in [0.2, 0.25) is 0 Å². The van der Waals surface area contributed by atoms with E-state index in [1.807, 2.05) is 0 Å². The quantitative estimate of drug-likeness (QED) is 0.765. The summed E-state index contributed by atoms with van der Waals surface area (Å²) < 4.78 is 50.1. The van der Waals surface area contributed by atoms with Gasteiger partial charge in [0.2, 0.25) is 5.88 Å². The zero-order chi connectivity index (χ0) is 17.2. The molecule has 0 amide bonds. The molecule has 0 atom stereocenters. The molecule has 0 aliphatic heterocycles. The summed E-state index contributed by atoms with van der Waals surface area (Å²) in [5.41, 5.74) is 1.18. The Bertz CT molecular complexity index is 935. The first-order valence-electron chi connectivity index (χ1n) is 6.87. The van der Waals surface area contributed by atoms with Gasteiger partial charge in [-0.15, -0.1) is 0 Å². The molecule has 0 saturated carbocycles. The second-order valence-electron chi connectivity index (χ2n) is 4.86. The third-order valence-corrected chi connectivity index (χ3v) is 4.67. The molecule has 0 bridgehead atoms. The lowest BCUT2D eigenvalue weighted by atomic mass is 10.1. The maximum absolute atomic E-state index is 12.9. The molecule has 2 aromatic carbocycles. The van der Waals surface area contributed by atoms with E-state index in [0.29, 0.717) is 16.9 Å². The molecule has 0 saturated heterocycles. The van der Waals surface area contributed by atoms with Crippen molar-refractivity contribution in [3.63, 3.8) is 0 Å². The van der Waals surface area contributed by atoms with E-state index in [1.165, 1.54) is 18.3 Å². The molecule has 24 heavy (non-hydrogen) atoms. The van der Waals surface area contributed by atoms with Gasteiger partial charge in [-0.2, -0.15) is 0 Å². The van der Waals surface area contributed by atoms with E-state index < -0.39 is 15.8 Å². The van der Waals surface area contributed by atoms with Crippen LogP contribution < -0.4 is 9.46 Å². The summed E-state index contributed by atoms with van der Waals surface area (Å²) in [4.78, 5) is -0.0824. The van der Waals surface area contributed by atoms with Gasteiger partial charge in [0.15, 0.2) is 0 Å². The summed E-state index contributed by atoms with van der Waals surface area (Å²) in [6.45, 7) is 0. The van der Waals surface area contributed by atoms with Crippen molar-refractivity contribution in [3.8, 4) is 16.9 Å². The lowest BCUT2D eigenvalue weighted by Gasteiger charge is -2.07. The molecule has 124 valence electrons. The van der Waals surface area contributed by atoms with E-state index >= 15 is 0 Å². The topological polar surface area (TPSA) is 81.4 Å². The summed E-state index contributed by atoms with van der Waals surface area (Å²) in [6, 6.07) is 11.4. The Morgan fingerprint density at radius 3 is 2.38 bits per heavy atom. The highest BCUT2D eigenvalue weighted by Crippen LogP contribution is 2.30. The number of nitrogens with zero attached hydrogens (tertiary/aromatic N) is 1. The average molecular weight is 348 g/mol. The molecule has 0 unspecified atom stereocenters. The number of nitrogens with one attached hydrogen (secondary N) is 1. The molecule has 0 radical (unpaired) electrons. The van der Waals surface area contributed by atoms with Gasteiger partial charge in [0.25, 0.3) is 10.0 Å². The molecule has 0 aliphatic rings. The van der Waals surface area contributed by atoms with Gasteiger partial charge in [-0.05, 0) is 42.0 Å². The molecular weight excluding hydrogens is 335 g/mol. The molecule has 8 heteroatoms. The summed E-state index contributed by atoms with van der Waals surface area (Å²) in [5.74, 6) is 0.126. The van der Waals surface area contributed by atoms with Gasteiger partial charge in [0, 0.05) is 0 Å². The van der Waals surface area contributed by atoms with E-state index in [1.54, 1.807) is 31.4 Å². The Balaban J connectivity index is 1.91. The minimum atomic E-state index is -3.92. The number of halogens is 1. The van der Waals surface area contributed by atoms with Crippen LogP contribution in [-0.4, -0.2) is 20.7 Å².